The van der Waals surface area contributed by atoms with Gasteiger partial charge < -0.3 is 14.4 Å². The van der Waals surface area contributed by atoms with Crippen molar-refractivity contribution < 1.29 is 9.59 Å². The fourth-order valence-electron chi connectivity index (χ4n) is 4.73. The number of rotatable bonds is 4. The zero-order chi connectivity index (χ0) is 18.3. The second kappa shape index (κ2) is 6.71. The average Bonchev–Trinajstić information content (AvgIpc) is 3.15. The highest BCUT2D eigenvalue weighted by molar-refractivity contribution is 5.86. The van der Waals surface area contributed by atoms with Crippen LogP contribution in [0.4, 0.5) is 0 Å². The number of piperidine rings is 1. The van der Waals surface area contributed by atoms with Gasteiger partial charge in [-0.2, -0.15) is 0 Å². The van der Waals surface area contributed by atoms with E-state index < -0.39 is 0 Å². The smallest absolute Gasteiger partial charge is 0.242 e. The third kappa shape index (κ3) is 3.03. The summed E-state index contributed by atoms with van der Waals surface area (Å²) in [5.74, 6) is 1.12. The standard InChI is InChI=1S/C20H30N4O2/c1-15-16(2)24(14-21-15)12-18(25)23-10-8-20(13-23)7-4-9-22(19(20)26)11-17-5-3-6-17/h14,17H,3-13H2,1-2H3/t20-/m1/s1. The lowest BCUT2D eigenvalue weighted by atomic mass is 9.77. The number of imidazole rings is 1. The summed E-state index contributed by atoms with van der Waals surface area (Å²) in [6, 6.07) is 0. The second-order valence-corrected chi connectivity index (χ2v) is 8.54. The van der Waals surface area contributed by atoms with Crippen molar-refractivity contribution in [3.63, 3.8) is 0 Å². The third-order valence-corrected chi connectivity index (χ3v) is 6.88. The van der Waals surface area contributed by atoms with E-state index in [4.69, 9.17) is 0 Å². The van der Waals surface area contributed by atoms with E-state index in [2.05, 4.69) is 9.88 Å². The lowest BCUT2D eigenvalue weighted by molar-refractivity contribution is -0.147. The molecule has 3 heterocycles. The number of likely N-dealkylation sites (tertiary alicyclic amines) is 2. The van der Waals surface area contributed by atoms with Gasteiger partial charge >= 0.3 is 0 Å². The molecule has 3 fully saturated rings. The number of aryl methyl sites for hydroxylation is 1. The first-order chi connectivity index (χ1) is 12.5. The number of carbonyl (C=O) groups is 2. The van der Waals surface area contributed by atoms with E-state index in [1.54, 1.807) is 6.33 Å². The minimum atomic E-state index is -0.322. The van der Waals surface area contributed by atoms with Crippen LogP contribution in [-0.2, 0) is 16.1 Å². The SMILES string of the molecule is Cc1ncn(CC(=O)N2CC[C@]3(CCCN(CC4CCC4)C3=O)C2)c1C. The molecular formula is C20H30N4O2. The predicted molar refractivity (Wildman–Crippen MR) is 98.5 cm³/mol. The molecule has 1 aromatic rings. The second-order valence-electron chi connectivity index (χ2n) is 8.54. The van der Waals surface area contributed by atoms with E-state index in [-0.39, 0.29) is 11.3 Å². The molecule has 4 rings (SSSR count). The number of aromatic nitrogens is 2. The normalized spacial score (nSPS) is 26.6. The van der Waals surface area contributed by atoms with Gasteiger partial charge in [-0.15, -0.1) is 0 Å². The Hall–Kier alpha value is -1.85. The van der Waals surface area contributed by atoms with Crippen molar-refractivity contribution in [3.05, 3.63) is 17.7 Å². The van der Waals surface area contributed by atoms with Crippen LogP contribution >= 0.6 is 0 Å². The summed E-state index contributed by atoms with van der Waals surface area (Å²) in [4.78, 5) is 34.2. The van der Waals surface area contributed by atoms with Crippen LogP contribution in [0.1, 0.15) is 49.9 Å². The maximum Gasteiger partial charge on any atom is 0.242 e. The Morgan fingerprint density at radius 3 is 2.69 bits per heavy atom. The number of hydrogen-bond donors (Lipinski definition) is 0. The molecular weight excluding hydrogens is 328 g/mol. The van der Waals surface area contributed by atoms with Crippen molar-refractivity contribution in [3.8, 4) is 0 Å². The van der Waals surface area contributed by atoms with E-state index >= 15 is 0 Å². The Kier molecular flexibility index (Phi) is 4.53. The van der Waals surface area contributed by atoms with E-state index in [1.165, 1.54) is 19.3 Å². The quantitative estimate of drug-likeness (QED) is 0.829. The molecule has 0 N–H and O–H groups in total. The van der Waals surface area contributed by atoms with Crippen molar-refractivity contribution >= 4 is 11.8 Å². The summed E-state index contributed by atoms with van der Waals surface area (Å²) >= 11 is 0. The molecule has 1 atom stereocenters. The molecule has 142 valence electrons. The summed E-state index contributed by atoms with van der Waals surface area (Å²) < 4.78 is 1.91. The van der Waals surface area contributed by atoms with Crippen molar-refractivity contribution in [2.45, 2.75) is 58.9 Å². The van der Waals surface area contributed by atoms with Crippen LogP contribution in [-0.4, -0.2) is 57.3 Å². The fourth-order valence-corrected chi connectivity index (χ4v) is 4.73. The summed E-state index contributed by atoms with van der Waals surface area (Å²) in [6.45, 7) is 7.40. The summed E-state index contributed by atoms with van der Waals surface area (Å²) in [5.41, 5.74) is 1.68. The molecule has 1 saturated carbocycles. The minimum Gasteiger partial charge on any atom is -0.342 e. The third-order valence-electron chi connectivity index (χ3n) is 6.88. The van der Waals surface area contributed by atoms with Gasteiger partial charge in [0.05, 0.1) is 17.4 Å². The Morgan fingerprint density at radius 2 is 2.04 bits per heavy atom. The number of carbonyl (C=O) groups excluding carboxylic acids is 2. The highest BCUT2D eigenvalue weighted by atomic mass is 16.2. The molecule has 1 aromatic heterocycles. The molecule has 0 bridgehead atoms. The molecule has 3 aliphatic rings. The summed E-state index contributed by atoms with van der Waals surface area (Å²) in [5, 5.41) is 0. The van der Waals surface area contributed by atoms with Crippen LogP contribution in [0.5, 0.6) is 0 Å². The van der Waals surface area contributed by atoms with Gasteiger partial charge in [0, 0.05) is 31.9 Å². The van der Waals surface area contributed by atoms with E-state index in [0.717, 1.165) is 43.7 Å². The van der Waals surface area contributed by atoms with E-state index in [1.807, 2.05) is 23.3 Å². The molecule has 0 radical (unpaired) electrons. The average molecular weight is 358 g/mol. The first kappa shape index (κ1) is 17.6. The van der Waals surface area contributed by atoms with Crippen molar-refractivity contribution in [1.29, 1.82) is 0 Å². The molecule has 0 aromatic carbocycles. The first-order valence-electron chi connectivity index (χ1n) is 10.0. The van der Waals surface area contributed by atoms with Crippen molar-refractivity contribution in [2.75, 3.05) is 26.2 Å². The summed E-state index contributed by atoms with van der Waals surface area (Å²) in [7, 11) is 0. The Bertz CT molecular complexity index is 709. The van der Waals surface area contributed by atoms with Gasteiger partial charge in [-0.05, 0) is 51.9 Å². The number of nitrogens with zero attached hydrogens (tertiary/aromatic N) is 4. The lowest BCUT2D eigenvalue weighted by Gasteiger charge is -2.42. The number of hydrogen-bond acceptors (Lipinski definition) is 3. The van der Waals surface area contributed by atoms with Crippen LogP contribution in [0.25, 0.3) is 0 Å². The Labute approximate surface area is 155 Å². The maximum atomic E-state index is 13.2. The molecule has 6 heteroatoms. The number of amides is 2. The van der Waals surface area contributed by atoms with Gasteiger partial charge in [0.15, 0.2) is 0 Å². The van der Waals surface area contributed by atoms with Gasteiger partial charge in [-0.1, -0.05) is 6.42 Å². The van der Waals surface area contributed by atoms with Crippen molar-refractivity contribution in [2.24, 2.45) is 11.3 Å². The first-order valence-corrected chi connectivity index (χ1v) is 10.0. The predicted octanol–water partition coefficient (Wildman–Crippen LogP) is 2.14. The molecule has 1 spiro atoms. The van der Waals surface area contributed by atoms with Crippen LogP contribution in [0.15, 0.2) is 6.33 Å². The van der Waals surface area contributed by atoms with Gasteiger partial charge in [0.1, 0.15) is 6.54 Å². The van der Waals surface area contributed by atoms with Gasteiger partial charge in [0.25, 0.3) is 0 Å². The maximum absolute atomic E-state index is 13.2. The molecule has 2 saturated heterocycles. The molecule has 1 aliphatic carbocycles. The highest BCUT2D eigenvalue weighted by Gasteiger charge is 2.49. The van der Waals surface area contributed by atoms with Gasteiger partial charge in [-0.3, -0.25) is 9.59 Å². The van der Waals surface area contributed by atoms with Gasteiger partial charge in [-0.25, -0.2) is 4.98 Å². The highest BCUT2D eigenvalue weighted by Crippen LogP contribution is 2.41. The lowest BCUT2D eigenvalue weighted by Crippen LogP contribution is -2.52. The topological polar surface area (TPSA) is 58.4 Å². The monoisotopic (exact) mass is 358 g/mol. The molecule has 26 heavy (non-hydrogen) atoms. The van der Waals surface area contributed by atoms with Crippen LogP contribution < -0.4 is 0 Å². The molecule has 2 aliphatic heterocycles. The van der Waals surface area contributed by atoms with Crippen molar-refractivity contribution in [1.82, 2.24) is 19.4 Å². The molecule has 6 nitrogen and oxygen atoms in total. The zero-order valence-corrected chi connectivity index (χ0v) is 16.0. The largest absolute Gasteiger partial charge is 0.342 e. The Morgan fingerprint density at radius 1 is 1.23 bits per heavy atom. The van der Waals surface area contributed by atoms with Crippen LogP contribution in [0, 0.1) is 25.2 Å². The summed E-state index contributed by atoms with van der Waals surface area (Å²) in [6.07, 6.45) is 8.41. The minimum absolute atomic E-state index is 0.103. The zero-order valence-electron chi connectivity index (χ0n) is 16.0. The van der Waals surface area contributed by atoms with E-state index in [9.17, 15) is 9.59 Å². The molecule has 2 amide bonds. The molecule has 0 unspecified atom stereocenters. The Balaban J connectivity index is 1.40. The fraction of sp³-hybridized carbons (Fsp3) is 0.750. The van der Waals surface area contributed by atoms with Gasteiger partial charge in [0.2, 0.25) is 11.8 Å². The van der Waals surface area contributed by atoms with E-state index in [0.29, 0.717) is 31.5 Å². The van der Waals surface area contributed by atoms with Crippen LogP contribution in [0.3, 0.4) is 0 Å². The van der Waals surface area contributed by atoms with Crippen LogP contribution in [0.2, 0.25) is 0 Å².